The number of nitrogens with zero attached hydrogens (tertiary/aromatic N) is 2. The zero-order valence-electron chi connectivity index (χ0n) is 24.8. The van der Waals surface area contributed by atoms with Crippen LogP contribution in [0.2, 0.25) is 0 Å². The van der Waals surface area contributed by atoms with Gasteiger partial charge in [-0.25, -0.2) is 9.37 Å². The summed E-state index contributed by atoms with van der Waals surface area (Å²) in [6.07, 6.45) is 7.30. The van der Waals surface area contributed by atoms with Gasteiger partial charge in [0.05, 0.1) is 38.5 Å². The second kappa shape index (κ2) is 11.5. The number of pyridine rings is 1. The highest BCUT2D eigenvalue weighted by atomic mass is 19.1. The Balaban J connectivity index is 1.21. The van der Waals surface area contributed by atoms with Crippen LogP contribution in [0, 0.1) is 17.7 Å². The number of carbonyl (C=O) groups is 1. The molecule has 2 aromatic carbocycles. The molecule has 1 aromatic heterocycles. The summed E-state index contributed by atoms with van der Waals surface area (Å²) in [5.41, 5.74) is 5.64. The maximum atomic E-state index is 15.2. The minimum atomic E-state index is -0.752. The molecule has 1 N–H and O–H groups in total. The zero-order chi connectivity index (χ0) is 29.7. The lowest BCUT2D eigenvalue weighted by molar-refractivity contribution is -0.142. The van der Waals surface area contributed by atoms with Gasteiger partial charge in [0.1, 0.15) is 17.7 Å². The molecule has 3 heterocycles. The summed E-state index contributed by atoms with van der Waals surface area (Å²) in [5.74, 6) is 0.0631. The van der Waals surface area contributed by atoms with Gasteiger partial charge in [-0.3, -0.25) is 9.69 Å². The summed E-state index contributed by atoms with van der Waals surface area (Å²) in [4.78, 5) is 18.5. The Labute approximate surface area is 252 Å². The number of ether oxygens (including phenoxy) is 3. The second-order valence-corrected chi connectivity index (χ2v) is 12.7. The molecule has 3 atom stereocenters. The number of aliphatic carboxylic acids is 1. The summed E-state index contributed by atoms with van der Waals surface area (Å²) in [5, 5.41) is 9.78. The second-order valence-electron chi connectivity index (χ2n) is 12.7. The van der Waals surface area contributed by atoms with Gasteiger partial charge in [-0.15, -0.1) is 0 Å². The molecule has 2 unspecified atom stereocenters. The Hall–Kier alpha value is -3.49. The third-order valence-electron chi connectivity index (χ3n) is 9.77. The molecule has 0 amide bonds. The number of carboxylic acid groups (broad SMARTS) is 1. The lowest BCUT2D eigenvalue weighted by atomic mass is 9.82. The third-order valence-corrected chi connectivity index (χ3v) is 9.77. The minimum Gasteiger partial charge on any atom is -0.485 e. The van der Waals surface area contributed by atoms with Crippen molar-refractivity contribution in [1.82, 2.24) is 9.88 Å². The van der Waals surface area contributed by atoms with Gasteiger partial charge in [-0.2, -0.15) is 0 Å². The molecular formula is C35H39FN2O5. The summed E-state index contributed by atoms with van der Waals surface area (Å²) in [6.45, 7) is 3.99. The minimum absolute atomic E-state index is 0.00574. The molecule has 3 aromatic rings. The molecule has 0 radical (unpaired) electrons. The first-order valence-corrected chi connectivity index (χ1v) is 15.6. The quantitative estimate of drug-likeness (QED) is 0.273. The zero-order valence-corrected chi connectivity index (χ0v) is 24.8. The lowest BCUT2D eigenvalue weighted by Gasteiger charge is -2.38. The van der Waals surface area contributed by atoms with Crippen LogP contribution in [0.4, 0.5) is 4.39 Å². The smallest absolute Gasteiger partial charge is 0.306 e. The number of aromatic nitrogens is 1. The number of methoxy groups -OCH3 is 1. The van der Waals surface area contributed by atoms with Crippen LogP contribution in [0.15, 0.2) is 48.7 Å². The molecule has 3 fully saturated rings. The highest BCUT2D eigenvalue weighted by Crippen LogP contribution is 2.48. The Kier molecular flexibility index (Phi) is 7.60. The van der Waals surface area contributed by atoms with Crippen molar-refractivity contribution in [2.24, 2.45) is 11.8 Å². The molecule has 1 saturated heterocycles. The highest BCUT2D eigenvalue weighted by Gasteiger charge is 2.40. The Morgan fingerprint density at radius 1 is 1.07 bits per heavy atom. The van der Waals surface area contributed by atoms with Crippen molar-refractivity contribution in [2.75, 3.05) is 20.3 Å². The Morgan fingerprint density at radius 3 is 2.56 bits per heavy atom. The monoisotopic (exact) mass is 586 g/mol. The van der Waals surface area contributed by atoms with Gasteiger partial charge >= 0.3 is 5.97 Å². The first kappa shape index (κ1) is 28.3. The van der Waals surface area contributed by atoms with E-state index in [4.69, 9.17) is 14.2 Å². The summed E-state index contributed by atoms with van der Waals surface area (Å²) in [7, 11) is 1.54. The number of benzene rings is 2. The van der Waals surface area contributed by atoms with Gasteiger partial charge in [0.15, 0.2) is 0 Å². The van der Waals surface area contributed by atoms with Crippen molar-refractivity contribution < 1.29 is 28.5 Å². The van der Waals surface area contributed by atoms with Crippen molar-refractivity contribution in [2.45, 2.75) is 76.1 Å². The molecule has 0 spiro atoms. The summed E-state index contributed by atoms with van der Waals surface area (Å²) < 4.78 is 32.7. The molecule has 2 aliphatic carbocycles. The van der Waals surface area contributed by atoms with Gasteiger partial charge in [0.25, 0.3) is 0 Å². The van der Waals surface area contributed by atoms with Crippen LogP contribution >= 0.6 is 0 Å². The molecule has 43 heavy (non-hydrogen) atoms. The predicted octanol–water partition coefficient (Wildman–Crippen LogP) is 6.54. The molecule has 226 valence electrons. The fourth-order valence-electron chi connectivity index (χ4n) is 6.93. The molecule has 7 nitrogen and oxygen atoms in total. The molecule has 2 saturated carbocycles. The van der Waals surface area contributed by atoms with Crippen molar-refractivity contribution in [3.05, 3.63) is 76.7 Å². The van der Waals surface area contributed by atoms with Crippen LogP contribution in [0.1, 0.15) is 73.3 Å². The van der Waals surface area contributed by atoms with E-state index >= 15 is 4.39 Å². The van der Waals surface area contributed by atoms with E-state index < -0.39 is 11.9 Å². The maximum absolute atomic E-state index is 15.2. The van der Waals surface area contributed by atoms with Gasteiger partial charge in [0.2, 0.25) is 5.88 Å². The van der Waals surface area contributed by atoms with Gasteiger partial charge in [-0.05, 0) is 84.2 Å². The highest BCUT2D eigenvalue weighted by molar-refractivity contribution is 5.71. The average molecular weight is 587 g/mol. The first-order chi connectivity index (χ1) is 20.9. The van der Waals surface area contributed by atoms with Gasteiger partial charge in [0, 0.05) is 24.2 Å². The van der Waals surface area contributed by atoms with E-state index in [9.17, 15) is 9.90 Å². The molecule has 8 heteroatoms. The lowest BCUT2D eigenvalue weighted by Crippen LogP contribution is -2.49. The normalized spacial score (nSPS) is 21.4. The number of carboxylic acids is 1. The fraction of sp³-hybridized carbons (Fsp3) is 0.486. The standard InChI is InChI=1S/C35H39FN2O5/c1-20(35(39)40)34(22-4-5-22)24-6-3-21-8-12-31(43-32(21)14-24)23-7-11-28(29-15-33(41-2)37-16-30(29)36)25(13-23)17-38(26-9-10-26)27-18-42-19-27/h3,6-7,11,13-16,20,22,26-27,31,34H,4-5,8-10,12,17-19H2,1-2H3,(H,39,40)/t20-,31?,34?/m0/s1. The van der Waals surface area contributed by atoms with Crippen molar-refractivity contribution >= 4 is 5.97 Å². The summed E-state index contributed by atoms with van der Waals surface area (Å²) >= 11 is 0. The topological polar surface area (TPSA) is 81.1 Å². The number of hydrogen-bond acceptors (Lipinski definition) is 6. The van der Waals surface area contributed by atoms with Crippen LogP contribution in [0.25, 0.3) is 11.1 Å². The third kappa shape index (κ3) is 5.75. The van der Waals surface area contributed by atoms with E-state index in [1.54, 1.807) is 6.07 Å². The van der Waals surface area contributed by atoms with E-state index in [0.717, 1.165) is 72.5 Å². The van der Waals surface area contributed by atoms with E-state index in [0.29, 0.717) is 36.0 Å². The van der Waals surface area contributed by atoms with Crippen LogP contribution in [0.5, 0.6) is 11.6 Å². The molecule has 7 rings (SSSR count). The number of halogens is 1. The van der Waals surface area contributed by atoms with Crippen LogP contribution in [-0.4, -0.2) is 53.4 Å². The van der Waals surface area contributed by atoms with Crippen LogP contribution in [0.3, 0.4) is 0 Å². The van der Waals surface area contributed by atoms with Crippen molar-refractivity contribution in [1.29, 1.82) is 0 Å². The van der Waals surface area contributed by atoms with Crippen molar-refractivity contribution in [3.8, 4) is 22.8 Å². The first-order valence-electron chi connectivity index (χ1n) is 15.6. The maximum Gasteiger partial charge on any atom is 0.306 e. The van der Waals surface area contributed by atoms with E-state index in [2.05, 4.69) is 40.2 Å². The van der Waals surface area contributed by atoms with E-state index in [1.165, 1.54) is 26.1 Å². The molecular weight excluding hydrogens is 547 g/mol. The van der Waals surface area contributed by atoms with Crippen LogP contribution < -0.4 is 9.47 Å². The fourth-order valence-corrected chi connectivity index (χ4v) is 6.93. The average Bonchev–Trinajstić information content (AvgIpc) is 3.91. The molecule has 2 aliphatic heterocycles. The van der Waals surface area contributed by atoms with E-state index in [1.807, 2.05) is 13.0 Å². The number of aryl methyl sites for hydroxylation is 1. The molecule has 4 aliphatic rings. The Bertz CT molecular complexity index is 1520. The summed E-state index contributed by atoms with van der Waals surface area (Å²) in [6, 6.07) is 15.1. The number of fused-ring (bicyclic) bond motifs is 1. The van der Waals surface area contributed by atoms with Crippen molar-refractivity contribution in [3.63, 3.8) is 0 Å². The van der Waals surface area contributed by atoms with E-state index in [-0.39, 0.29) is 17.8 Å². The SMILES string of the molecule is COc1cc(-c2ccc(C3CCc4ccc(C(C5CC5)[C@H](C)C(=O)O)cc4O3)cc2CN(C2CC2)C2COC2)c(F)cn1. The largest absolute Gasteiger partial charge is 0.485 e. The Morgan fingerprint density at radius 2 is 1.88 bits per heavy atom. The van der Waals surface area contributed by atoms with Gasteiger partial charge in [-0.1, -0.05) is 37.3 Å². The van der Waals surface area contributed by atoms with Gasteiger partial charge < -0.3 is 19.3 Å². The predicted molar refractivity (Wildman–Crippen MR) is 160 cm³/mol. The number of rotatable bonds is 11. The van der Waals surface area contributed by atoms with Crippen LogP contribution in [-0.2, 0) is 22.5 Å². The molecule has 0 bridgehead atoms. The number of hydrogen-bond donors (Lipinski definition) is 1.